The van der Waals surface area contributed by atoms with Crippen LogP contribution < -0.4 is 9.44 Å². The van der Waals surface area contributed by atoms with E-state index in [-0.39, 0.29) is 5.56 Å². The Morgan fingerprint density at radius 3 is 2.26 bits per heavy atom. The van der Waals surface area contributed by atoms with Crippen LogP contribution in [0.5, 0.6) is 0 Å². The highest BCUT2D eigenvalue weighted by atomic mass is 32.2. The van der Waals surface area contributed by atoms with Crippen LogP contribution in [0.15, 0.2) is 18.2 Å². The molecule has 1 rings (SSSR count). The standard InChI is InChI=1S/C12H18N2O4S/c1-8-7-9(5-6-10(8)11(15)16)13-19(17,18)14-12(2,3)4/h5-7,13-14H,1-4H3,(H,15,16). The van der Waals surface area contributed by atoms with E-state index in [1.54, 1.807) is 27.7 Å². The summed E-state index contributed by atoms with van der Waals surface area (Å²) in [6.45, 7) is 6.79. The summed E-state index contributed by atoms with van der Waals surface area (Å²) >= 11 is 0. The predicted octanol–water partition coefficient (Wildman–Crippen LogP) is 1.74. The second kappa shape index (κ2) is 5.18. The van der Waals surface area contributed by atoms with Crippen molar-refractivity contribution in [2.45, 2.75) is 33.2 Å². The van der Waals surface area contributed by atoms with Gasteiger partial charge in [-0.2, -0.15) is 13.1 Å². The number of carbonyl (C=O) groups is 1. The average Bonchev–Trinajstić information content (AvgIpc) is 2.11. The maximum atomic E-state index is 11.8. The van der Waals surface area contributed by atoms with E-state index in [0.29, 0.717) is 11.3 Å². The molecule has 0 fully saturated rings. The van der Waals surface area contributed by atoms with E-state index >= 15 is 0 Å². The van der Waals surface area contributed by atoms with Crippen molar-refractivity contribution >= 4 is 21.9 Å². The molecule has 6 nitrogen and oxygen atoms in total. The Kier molecular flexibility index (Phi) is 4.21. The highest BCUT2D eigenvalue weighted by Crippen LogP contribution is 2.16. The van der Waals surface area contributed by atoms with E-state index in [1.807, 2.05) is 0 Å². The van der Waals surface area contributed by atoms with Crippen LogP contribution >= 0.6 is 0 Å². The molecule has 0 saturated carbocycles. The van der Waals surface area contributed by atoms with Gasteiger partial charge in [-0.3, -0.25) is 4.72 Å². The molecule has 3 N–H and O–H groups in total. The van der Waals surface area contributed by atoms with Crippen LogP contribution in [0, 0.1) is 6.92 Å². The number of hydrogen-bond acceptors (Lipinski definition) is 3. The summed E-state index contributed by atoms with van der Waals surface area (Å²) in [6, 6.07) is 4.26. The van der Waals surface area contributed by atoms with Crippen LogP contribution in [0.2, 0.25) is 0 Å². The Labute approximate surface area is 113 Å². The lowest BCUT2D eigenvalue weighted by Crippen LogP contribution is -2.43. The maximum absolute atomic E-state index is 11.8. The average molecular weight is 286 g/mol. The Balaban J connectivity index is 2.95. The highest BCUT2D eigenvalue weighted by Gasteiger charge is 2.20. The summed E-state index contributed by atoms with van der Waals surface area (Å²) < 4.78 is 28.4. The van der Waals surface area contributed by atoms with Gasteiger partial charge in [0, 0.05) is 5.54 Å². The fourth-order valence-electron chi connectivity index (χ4n) is 1.55. The van der Waals surface area contributed by atoms with Gasteiger partial charge in [-0.1, -0.05) is 0 Å². The first-order valence-electron chi connectivity index (χ1n) is 5.66. The van der Waals surface area contributed by atoms with E-state index in [2.05, 4.69) is 9.44 Å². The van der Waals surface area contributed by atoms with Crippen LogP contribution in [0.1, 0.15) is 36.7 Å². The first kappa shape index (κ1) is 15.5. The molecule has 1 aromatic carbocycles. The quantitative estimate of drug-likeness (QED) is 0.785. The van der Waals surface area contributed by atoms with Gasteiger partial charge in [-0.05, 0) is 51.5 Å². The Hall–Kier alpha value is -1.60. The largest absolute Gasteiger partial charge is 0.478 e. The fourth-order valence-corrected chi connectivity index (χ4v) is 2.85. The molecule has 0 heterocycles. The SMILES string of the molecule is Cc1cc(NS(=O)(=O)NC(C)(C)C)ccc1C(=O)O. The van der Waals surface area contributed by atoms with Crippen LogP contribution in [0.4, 0.5) is 5.69 Å². The van der Waals surface area contributed by atoms with E-state index in [0.717, 1.165) is 0 Å². The number of aromatic carboxylic acids is 1. The number of anilines is 1. The number of hydrogen-bond donors (Lipinski definition) is 3. The molecule has 0 radical (unpaired) electrons. The van der Waals surface area contributed by atoms with Crippen molar-refractivity contribution in [1.82, 2.24) is 4.72 Å². The van der Waals surface area contributed by atoms with Crippen LogP contribution in [0.3, 0.4) is 0 Å². The molecule has 0 spiro atoms. The van der Waals surface area contributed by atoms with Gasteiger partial charge in [0.1, 0.15) is 0 Å². The van der Waals surface area contributed by atoms with Crippen LogP contribution in [-0.4, -0.2) is 25.0 Å². The molecule has 0 aliphatic heterocycles. The molecule has 0 atom stereocenters. The van der Waals surface area contributed by atoms with Gasteiger partial charge in [0.15, 0.2) is 0 Å². The molecule has 0 aromatic heterocycles. The second-order valence-corrected chi connectivity index (χ2v) is 6.71. The molecule has 0 saturated heterocycles. The maximum Gasteiger partial charge on any atom is 0.335 e. The van der Waals surface area contributed by atoms with Gasteiger partial charge in [-0.25, -0.2) is 4.79 Å². The van der Waals surface area contributed by atoms with Crippen molar-refractivity contribution in [2.24, 2.45) is 0 Å². The predicted molar refractivity (Wildman–Crippen MR) is 73.6 cm³/mol. The fraction of sp³-hybridized carbons (Fsp3) is 0.417. The molecule has 0 amide bonds. The first-order valence-corrected chi connectivity index (χ1v) is 7.14. The second-order valence-electron chi connectivity index (χ2n) is 5.29. The molecule has 0 unspecified atom stereocenters. The molecule has 0 aliphatic carbocycles. The molecule has 0 aliphatic rings. The van der Waals surface area contributed by atoms with E-state index in [4.69, 9.17) is 5.11 Å². The molecule has 0 bridgehead atoms. The topological polar surface area (TPSA) is 95.5 Å². The monoisotopic (exact) mass is 286 g/mol. The summed E-state index contributed by atoms with van der Waals surface area (Å²) in [5, 5.41) is 8.89. The Morgan fingerprint density at radius 1 is 1.26 bits per heavy atom. The number of nitrogens with one attached hydrogen (secondary N) is 2. The minimum Gasteiger partial charge on any atom is -0.478 e. The minimum absolute atomic E-state index is 0.145. The van der Waals surface area contributed by atoms with Crippen LogP contribution in [0.25, 0.3) is 0 Å². The van der Waals surface area contributed by atoms with Gasteiger partial charge < -0.3 is 5.11 Å². The highest BCUT2D eigenvalue weighted by molar-refractivity contribution is 7.90. The van der Waals surface area contributed by atoms with Gasteiger partial charge in [0.2, 0.25) is 0 Å². The number of carboxylic acid groups (broad SMARTS) is 1. The number of benzene rings is 1. The summed E-state index contributed by atoms with van der Waals surface area (Å²) in [4.78, 5) is 10.9. The zero-order chi connectivity index (χ0) is 14.8. The zero-order valence-electron chi connectivity index (χ0n) is 11.3. The van der Waals surface area contributed by atoms with Crippen LogP contribution in [-0.2, 0) is 10.2 Å². The van der Waals surface area contributed by atoms with Crippen molar-refractivity contribution in [3.8, 4) is 0 Å². The lowest BCUT2D eigenvalue weighted by Gasteiger charge is -2.21. The van der Waals surface area contributed by atoms with Gasteiger partial charge in [-0.15, -0.1) is 0 Å². The Bertz CT molecular complexity index is 588. The molecule has 106 valence electrons. The molecule has 7 heteroatoms. The molecule has 19 heavy (non-hydrogen) atoms. The third-order valence-corrected chi connectivity index (χ3v) is 3.54. The van der Waals surface area contributed by atoms with Gasteiger partial charge in [0.05, 0.1) is 11.3 Å². The Morgan fingerprint density at radius 2 is 1.84 bits per heavy atom. The molecule has 1 aromatic rings. The third kappa shape index (κ3) is 4.88. The normalized spacial score (nSPS) is 12.2. The van der Waals surface area contributed by atoms with Crippen molar-refractivity contribution in [1.29, 1.82) is 0 Å². The van der Waals surface area contributed by atoms with Crippen molar-refractivity contribution in [3.63, 3.8) is 0 Å². The smallest absolute Gasteiger partial charge is 0.335 e. The summed E-state index contributed by atoms with van der Waals surface area (Å²) in [7, 11) is -3.69. The number of rotatable bonds is 4. The van der Waals surface area contributed by atoms with E-state index in [9.17, 15) is 13.2 Å². The lowest BCUT2D eigenvalue weighted by molar-refractivity contribution is 0.0696. The van der Waals surface area contributed by atoms with E-state index < -0.39 is 21.7 Å². The van der Waals surface area contributed by atoms with Gasteiger partial charge in [0.25, 0.3) is 10.2 Å². The molecular formula is C12H18N2O4S. The van der Waals surface area contributed by atoms with Gasteiger partial charge >= 0.3 is 5.97 Å². The summed E-state index contributed by atoms with van der Waals surface area (Å²) in [6.07, 6.45) is 0. The lowest BCUT2D eigenvalue weighted by atomic mass is 10.1. The minimum atomic E-state index is -3.69. The van der Waals surface area contributed by atoms with Crippen molar-refractivity contribution in [3.05, 3.63) is 29.3 Å². The van der Waals surface area contributed by atoms with Crippen molar-refractivity contribution in [2.75, 3.05) is 4.72 Å². The van der Waals surface area contributed by atoms with Crippen molar-refractivity contribution < 1.29 is 18.3 Å². The summed E-state index contributed by atoms with van der Waals surface area (Å²) in [5.41, 5.74) is 0.358. The first-order chi connectivity index (χ1) is 8.50. The zero-order valence-corrected chi connectivity index (χ0v) is 12.1. The van der Waals surface area contributed by atoms with E-state index in [1.165, 1.54) is 18.2 Å². The molecular weight excluding hydrogens is 268 g/mol. The number of aryl methyl sites for hydroxylation is 1. The third-order valence-electron chi connectivity index (χ3n) is 2.15. The summed E-state index contributed by atoms with van der Waals surface area (Å²) in [5.74, 6) is -1.04. The number of carboxylic acids is 1.